The minimum atomic E-state index is -1.08. The van der Waals surface area contributed by atoms with Crippen molar-refractivity contribution in [2.75, 3.05) is 0 Å². The van der Waals surface area contributed by atoms with Gasteiger partial charge < -0.3 is 20.4 Å². The zero-order valence-electron chi connectivity index (χ0n) is 9.79. The Morgan fingerprint density at radius 2 is 1.35 bits per heavy atom. The Bertz CT molecular complexity index is 245. The van der Waals surface area contributed by atoms with Crippen molar-refractivity contribution in [2.45, 2.75) is 39.2 Å². The van der Waals surface area contributed by atoms with E-state index in [0.29, 0.717) is 6.42 Å². The molecule has 2 unspecified atom stereocenters. The van der Waals surface area contributed by atoms with Crippen LogP contribution in [0, 0.1) is 5.92 Å². The van der Waals surface area contributed by atoms with Gasteiger partial charge in [-0.25, -0.2) is 0 Å². The average Bonchev–Trinajstić information content (AvgIpc) is 2.15. The zero-order chi connectivity index (χ0) is 14.0. The highest BCUT2D eigenvalue weighted by Crippen LogP contribution is 2.07. The molecule has 0 aliphatic carbocycles. The molecule has 0 aromatic heterocycles. The lowest BCUT2D eigenvalue weighted by atomic mass is 10.0. The third kappa shape index (κ3) is 12.3. The summed E-state index contributed by atoms with van der Waals surface area (Å²) in [5.74, 6) is -3.68. The molecule has 0 saturated carbocycles. The number of hydrogen-bond donors (Lipinski definition) is 4. The molecule has 0 amide bonds. The molecule has 0 aromatic carbocycles. The van der Waals surface area contributed by atoms with Gasteiger partial charge in [0.25, 0.3) is 0 Å². The van der Waals surface area contributed by atoms with Crippen molar-refractivity contribution in [2.24, 2.45) is 5.92 Å². The highest BCUT2D eigenvalue weighted by Gasteiger charge is 2.19. The predicted molar refractivity (Wildman–Crippen MR) is 57.6 cm³/mol. The molecular formula is C10H18O7. The smallest absolute Gasteiger partial charge is 0.309 e. The van der Waals surface area contributed by atoms with Crippen molar-refractivity contribution in [1.82, 2.24) is 0 Å². The lowest BCUT2D eigenvalue weighted by Crippen LogP contribution is -2.24. The number of hydrogen-bond acceptors (Lipinski definition) is 4. The molecular weight excluding hydrogens is 232 g/mol. The van der Waals surface area contributed by atoms with E-state index in [1.54, 1.807) is 6.92 Å². The lowest BCUT2D eigenvalue weighted by molar-refractivity contribution is -0.145. The van der Waals surface area contributed by atoms with Gasteiger partial charge >= 0.3 is 17.9 Å². The van der Waals surface area contributed by atoms with Gasteiger partial charge in [-0.2, -0.15) is 0 Å². The molecule has 0 aliphatic rings. The molecule has 4 N–H and O–H groups in total. The van der Waals surface area contributed by atoms with Crippen LogP contribution in [0.4, 0.5) is 0 Å². The van der Waals surface area contributed by atoms with E-state index in [1.165, 1.54) is 6.92 Å². The van der Waals surface area contributed by atoms with Crippen LogP contribution in [0.3, 0.4) is 0 Å². The fourth-order valence-corrected chi connectivity index (χ4v) is 0.936. The topological polar surface area (TPSA) is 132 Å². The fourth-order valence-electron chi connectivity index (χ4n) is 0.936. The molecule has 7 heteroatoms. The largest absolute Gasteiger partial charge is 0.481 e. The first-order valence-electron chi connectivity index (χ1n) is 5.06. The van der Waals surface area contributed by atoms with Gasteiger partial charge in [0.15, 0.2) is 0 Å². The molecule has 0 rings (SSSR count). The normalized spacial score (nSPS) is 12.9. The van der Waals surface area contributed by atoms with Crippen LogP contribution in [-0.2, 0) is 14.4 Å². The van der Waals surface area contributed by atoms with Crippen LogP contribution < -0.4 is 0 Å². The Kier molecular flexibility index (Phi) is 10.0. The standard InChI is InChI=1S/C6H12O3.C4H6O4/c1-3-5(4(2)7)6(8)9;5-3(6)1-2-4(7)8/h4-5,7H,3H2,1-2H3,(H,8,9);1-2H2,(H,5,6)(H,7,8). The third-order valence-electron chi connectivity index (χ3n) is 1.89. The maximum Gasteiger partial charge on any atom is 0.309 e. The summed E-state index contributed by atoms with van der Waals surface area (Å²) < 4.78 is 0. The minimum absolute atomic E-state index is 0.296. The van der Waals surface area contributed by atoms with Gasteiger partial charge in [0.05, 0.1) is 24.9 Å². The highest BCUT2D eigenvalue weighted by molar-refractivity contribution is 5.75. The molecule has 0 saturated heterocycles. The molecule has 0 radical (unpaired) electrons. The first-order chi connectivity index (χ1) is 7.72. The monoisotopic (exact) mass is 250 g/mol. The van der Waals surface area contributed by atoms with Crippen LogP contribution in [0.25, 0.3) is 0 Å². The summed E-state index contributed by atoms with van der Waals surface area (Å²) >= 11 is 0. The quantitative estimate of drug-likeness (QED) is 0.536. The van der Waals surface area contributed by atoms with E-state index >= 15 is 0 Å². The Morgan fingerprint density at radius 1 is 1.00 bits per heavy atom. The number of carboxylic acid groups (broad SMARTS) is 3. The molecule has 0 aliphatic heterocycles. The number of aliphatic hydroxyl groups excluding tert-OH is 1. The van der Waals surface area contributed by atoms with Crippen LogP contribution in [0.5, 0.6) is 0 Å². The molecule has 0 heterocycles. The number of rotatable bonds is 6. The average molecular weight is 250 g/mol. The van der Waals surface area contributed by atoms with Gasteiger partial charge in [0.1, 0.15) is 0 Å². The first-order valence-corrected chi connectivity index (χ1v) is 5.06. The molecule has 17 heavy (non-hydrogen) atoms. The lowest BCUT2D eigenvalue weighted by Gasteiger charge is -2.11. The van der Waals surface area contributed by atoms with Gasteiger partial charge in [-0.3, -0.25) is 14.4 Å². The van der Waals surface area contributed by atoms with E-state index in [0.717, 1.165) is 0 Å². The number of aliphatic carboxylic acids is 3. The molecule has 100 valence electrons. The SMILES string of the molecule is CCC(C(=O)O)C(C)O.O=C(O)CCC(=O)O. The second-order valence-corrected chi connectivity index (χ2v) is 3.38. The van der Waals surface area contributed by atoms with Crippen LogP contribution in [-0.4, -0.2) is 44.4 Å². The van der Waals surface area contributed by atoms with Crippen molar-refractivity contribution in [3.63, 3.8) is 0 Å². The fraction of sp³-hybridized carbons (Fsp3) is 0.700. The van der Waals surface area contributed by atoms with E-state index in [1.807, 2.05) is 0 Å². The van der Waals surface area contributed by atoms with Crippen LogP contribution in [0.1, 0.15) is 33.1 Å². The zero-order valence-corrected chi connectivity index (χ0v) is 9.79. The van der Waals surface area contributed by atoms with Crippen molar-refractivity contribution >= 4 is 17.9 Å². The molecule has 0 aromatic rings. The summed E-state index contributed by atoms with van der Waals surface area (Å²) in [6.07, 6.45) is -0.856. The number of carbonyl (C=O) groups is 3. The van der Waals surface area contributed by atoms with Gasteiger partial charge in [0.2, 0.25) is 0 Å². The van der Waals surface area contributed by atoms with Gasteiger partial charge in [-0.15, -0.1) is 0 Å². The van der Waals surface area contributed by atoms with E-state index in [2.05, 4.69) is 0 Å². The van der Waals surface area contributed by atoms with Gasteiger partial charge in [0, 0.05) is 0 Å². The molecule has 0 bridgehead atoms. The first kappa shape index (κ1) is 17.8. The molecule has 7 nitrogen and oxygen atoms in total. The van der Waals surface area contributed by atoms with E-state index in [4.69, 9.17) is 20.4 Å². The van der Waals surface area contributed by atoms with E-state index < -0.39 is 29.9 Å². The van der Waals surface area contributed by atoms with Crippen molar-refractivity contribution in [3.8, 4) is 0 Å². The summed E-state index contributed by atoms with van der Waals surface area (Å²) in [6, 6.07) is 0. The molecule has 0 spiro atoms. The third-order valence-corrected chi connectivity index (χ3v) is 1.89. The highest BCUT2D eigenvalue weighted by atomic mass is 16.4. The second-order valence-electron chi connectivity index (χ2n) is 3.38. The maximum atomic E-state index is 10.2. The predicted octanol–water partition coefficient (Wildman–Crippen LogP) is 0.414. The van der Waals surface area contributed by atoms with E-state index in [-0.39, 0.29) is 12.8 Å². The van der Waals surface area contributed by atoms with Gasteiger partial charge in [-0.05, 0) is 13.3 Å². The van der Waals surface area contributed by atoms with Crippen LogP contribution >= 0.6 is 0 Å². The summed E-state index contributed by atoms with van der Waals surface area (Å²) in [4.78, 5) is 29.5. The number of aliphatic hydroxyl groups is 1. The second kappa shape index (κ2) is 9.59. The Labute approximate surface area is 98.7 Å². The minimum Gasteiger partial charge on any atom is -0.481 e. The summed E-state index contributed by atoms with van der Waals surface area (Å²) in [5.41, 5.74) is 0. The van der Waals surface area contributed by atoms with Crippen LogP contribution in [0.15, 0.2) is 0 Å². The summed E-state index contributed by atoms with van der Waals surface area (Å²) in [7, 11) is 0. The number of carboxylic acids is 3. The molecule has 0 fully saturated rings. The maximum absolute atomic E-state index is 10.2. The van der Waals surface area contributed by atoms with Crippen molar-refractivity contribution in [1.29, 1.82) is 0 Å². The molecule has 2 atom stereocenters. The Balaban J connectivity index is 0. The summed E-state index contributed by atoms with van der Waals surface area (Å²) in [6.45, 7) is 3.23. The van der Waals surface area contributed by atoms with Crippen molar-refractivity contribution in [3.05, 3.63) is 0 Å². The Morgan fingerprint density at radius 3 is 1.41 bits per heavy atom. The van der Waals surface area contributed by atoms with Gasteiger partial charge in [-0.1, -0.05) is 6.92 Å². The van der Waals surface area contributed by atoms with Crippen molar-refractivity contribution < 1.29 is 34.8 Å². The van der Waals surface area contributed by atoms with E-state index in [9.17, 15) is 14.4 Å². The summed E-state index contributed by atoms with van der Waals surface area (Å²) in [5, 5.41) is 33.0. The van der Waals surface area contributed by atoms with Crippen LogP contribution in [0.2, 0.25) is 0 Å². The Hall–Kier alpha value is -1.63.